The standard InChI is InChI=1S/C15H17NO3/c1-2-11-9-14(17)16(10-11)13(15(18)19)8-12-6-4-3-5-7-12/h2-7,11,13H,1,8-10H2,(H,18,19)/t11?,13-/m0/s1. The molecule has 0 bridgehead atoms. The molecule has 1 unspecified atom stereocenters. The fourth-order valence-electron chi connectivity index (χ4n) is 2.39. The van der Waals surface area contributed by atoms with Gasteiger partial charge in [-0.1, -0.05) is 36.4 Å². The van der Waals surface area contributed by atoms with Crippen molar-refractivity contribution in [3.63, 3.8) is 0 Å². The highest BCUT2D eigenvalue weighted by atomic mass is 16.4. The summed E-state index contributed by atoms with van der Waals surface area (Å²) in [6, 6.07) is 8.58. The van der Waals surface area contributed by atoms with Crippen molar-refractivity contribution >= 4 is 11.9 Å². The van der Waals surface area contributed by atoms with E-state index in [0.717, 1.165) is 5.56 Å². The third-order valence-electron chi connectivity index (χ3n) is 3.45. The van der Waals surface area contributed by atoms with Crippen molar-refractivity contribution in [3.8, 4) is 0 Å². The van der Waals surface area contributed by atoms with E-state index < -0.39 is 12.0 Å². The summed E-state index contributed by atoms with van der Waals surface area (Å²) in [4.78, 5) is 24.8. The van der Waals surface area contributed by atoms with E-state index in [0.29, 0.717) is 19.4 Å². The Bertz CT molecular complexity index is 483. The molecule has 2 atom stereocenters. The molecule has 0 spiro atoms. The summed E-state index contributed by atoms with van der Waals surface area (Å²) in [6.45, 7) is 4.12. The molecule has 0 aliphatic carbocycles. The molecule has 1 aromatic carbocycles. The smallest absolute Gasteiger partial charge is 0.326 e. The van der Waals surface area contributed by atoms with Crippen LogP contribution in [0.5, 0.6) is 0 Å². The van der Waals surface area contributed by atoms with E-state index in [9.17, 15) is 14.7 Å². The van der Waals surface area contributed by atoms with Gasteiger partial charge in [0.25, 0.3) is 0 Å². The number of rotatable bonds is 5. The normalized spacial score (nSPS) is 20.3. The van der Waals surface area contributed by atoms with Crippen LogP contribution in [0.15, 0.2) is 43.0 Å². The molecule has 4 heteroatoms. The number of benzene rings is 1. The van der Waals surface area contributed by atoms with Crippen LogP contribution in [0.1, 0.15) is 12.0 Å². The second kappa shape index (κ2) is 5.69. The van der Waals surface area contributed by atoms with Crippen LogP contribution in [-0.2, 0) is 16.0 Å². The summed E-state index contributed by atoms with van der Waals surface area (Å²) in [5, 5.41) is 9.35. The van der Waals surface area contributed by atoms with E-state index in [4.69, 9.17) is 0 Å². The average molecular weight is 259 g/mol. The molecule has 0 aromatic heterocycles. The molecule has 2 rings (SSSR count). The number of hydrogen-bond donors (Lipinski definition) is 1. The Morgan fingerprint density at radius 3 is 2.68 bits per heavy atom. The topological polar surface area (TPSA) is 57.6 Å². The predicted octanol–water partition coefficient (Wildman–Crippen LogP) is 1.72. The molecule has 4 nitrogen and oxygen atoms in total. The van der Waals surface area contributed by atoms with Crippen LogP contribution in [0.4, 0.5) is 0 Å². The molecular formula is C15H17NO3. The van der Waals surface area contributed by atoms with E-state index in [1.165, 1.54) is 4.90 Å². The fraction of sp³-hybridized carbons (Fsp3) is 0.333. The second-order valence-electron chi connectivity index (χ2n) is 4.79. The van der Waals surface area contributed by atoms with Crippen LogP contribution in [0.2, 0.25) is 0 Å². The van der Waals surface area contributed by atoms with Crippen LogP contribution in [0.25, 0.3) is 0 Å². The minimum atomic E-state index is -0.957. The van der Waals surface area contributed by atoms with Gasteiger partial charge in [0, 0.05) is 25.3 Å². The van der Waals surface area contributed by atoms with Gasteiger partial charge < -0.3 is 10.0 Å². The van der Waals surface area contributed by atoms with E-state index in [-0.39, 0.29) is 11.8 Å². The highest BCUT2D eigenvalue weighted by Crippen LogP contribution is 2.22. The van der Waals surface area contributed by atoms with Gasteiger partial charge in [0.15, 0.2) is 0 Å². The molecular weight excluding hydrogens is 242 g/mol. The van der Waals surface area contributed by atoms with Gasteiger partial charge in [-0.25, -0.2) is 4.79 Å². The Labute approximate surface area is 112 Å². The Kier molecular flexibility index (Phi) is 4.00. The summed E-state index contributed by atoms with van der Waals surface area (Å²) in [5.41, 5.74) is 0.921. The summed E-state index contributed by atoms with van der Waals surface area (Å²) in [6.07, 6.45) is 2.42. The van der Waals surface area contributed by atoms with Crippen LogP contribution >= 0.6 is 0 Å². The first-order valence-electron chi connectivity index (χ1n) is 6.30. The summed E-state index contributed by atoms with van der Waals surface area (Å²) < 4.78 is 0. The van der Waals surface area contributed by atoms with Crippen molar-refractivity contribution < 1.29 is 14.7 Å². The minimum Gasteiger partial charge on any atom is -0.480 e. The largest absolute Gasteiger partial charge is 0.480 e. The van der Waals surface area contributed by atoms with Crippen molar-refractivity contribution in [1.29, 1.82) is 0 Å². The Hall–Kier alpha value is -2.10. The third-order valence-corrected chi connectivity index (χ3v) is 3.45. The van der Waals surface area contributed by atoms with E-state index in [2.05, 4.69) is 6.58 Å². The maximum Gasteiger partial charge on any atom is 0.326 e. The number of aliphatic carboxylic acids is 1. The van der Waals surface area contributed by atoms with Gasteiger partial charge >= 0.3 is 5.97 Å². The van der Waals surface area contributed by atoms with Crippen LogP contribution < -0.4 is 0 Å². The molecule has 1 heterocycles. The number of likely N-dealkylation sites (tertiary alicyclic amines) is 1. The Balaban J connectivity index is 2.15. The molecule has 1 saturated heterocycles. The Morgan fingerprint density at radius 2 is 2.16 bits per heavy atom. The lowest BCUT2D eigenvalue weighted by molar-refractivity contribution is -0.148. The lowest BCUT2D eigenvalue weighted by Crippen LogP contribution is -2.43. The number of amides is 1. The first kappa shape index (κ1) is 13.3. The van der Waals surface area contributed by atoms with E-state index >= 15 is 0 Å². The van der Waals surface area contributed by atoms with Crippen molar-refractivity contribution in [2.45, 2.75) is 18.9 Å². The molecule has 1 aliphatic rings. The third kappa shape index (κ3) is 3.02. The van der Waals surface area contributed by atoms with Crippen molar-refractivity contribution in [2.24, 2.45) is 5.92 Å². The maximum atomic E-state index is 11.9. The predicted molar refractivity (Wildman–Crippen MR) is 71.6 cm³/mol. The Morgan fingerprint density at radius 1 is 1.47 bits per heavy atom. The lowest BCUT2D eigenvalue weighted by Gasteiger charge is -2.24. The molecule has 1 aromatic rings. The first-order valence-corrected chi connectivity index (χ1v) is 6.30. The summed E-state index contributed by atoms with van der Waals surface area (Å²) in [7, 11) is 0. The second-order valence-corrected chi connectivity index (χ2v) is 4.79. The van der Waals surface area contributed by atoms with Gasteiger partial charge in [0.1, 0.15) is 6.04 Å². The van der Waals surface area contributed by atoms with E-state index in [1.54, 1.807) is 6.08 Å². The molecule has 0 radical (unpaired) electrons. The highest BCUT2D eigenvalue weighted by Gasteiger charge is 2.36. The SMILES string of the molecule is C=CC1CC(=O)N([C@@H](Cc2ccccc2)C(=O)O)C1. The number of carboxylic acids is 1. The maximum absolute atomic E-state index is 11.9. The number of hydrogen-bond acceptors (Lipinski definition) is 2. The van der Waals surface area contributed by atoms with Gasteiger partial charge in [-0.2, -0.15) is 0 Å². The zero-order valence-electron chi connectivity index (χ0n) is 10.7. The van der Waals surface area contributed by atoms with Crippen LogP contribution in [0.3, 0.4) is 0 Å². The van der Waals surface area contributed by atoms with Crippen molar-refractivity contribution in [1.82, 2.24) is 4.90 Å². The zero-order valence-corrected chi connectivity index (χ0v) is 10.7. The highest BCUT2D eigenvalue weighted by molar-refractivity contribution is 5.85. The number of nitrogens with zero attached hydrogens (tertiary/aromatic N) is 1. The van der Waals surface area contributed by atoms with Crippen LogP contribution in [-0.4, -0.2) is 34.5 Å². The lowest BCUT2D eigenvalue weighted by atomic mass is 10.0. The first-order chi connectivity index (χ1) is 9.11. The van der Waals surface area contributed by atoms with Gasteiger partial charge in [-0.05, 0) is 5.56 Å². The fourth-order valence-corrected chi connectivity index (χ4v) is 2.39. The van der Waals surface area contributed by atoms with Gasteiger partial charge in [-0.3, -0.25) is 4.79 Å². The monoisotopic (exact) mass is 259 g/mol. The molecule has 0 saturated carbocycles. The van der Waals surface area contributed by atoms with Gasteiger partial charge in [0.05, 0.1) is 0 Å². The number of carboxylic acid groups (broad SMARTS) is 1. The zero-order chi connectivity index (χ0) is 13.8. The number of carbonyl (C=O) groups is 2. The van der Waals surface area contributed by atoms with Crippen molar-refractivity contribution in [2.75, 3.05) is 6.54 Å². The average Bonchev–Trinajstić information content (AvgIpc) is 2.78. The quantitative estimate of drug-likeness (QED) is 0.819. The molecule has 1 aliphatic heterocycles. The summed E-state index contributed by atoms with van der Waals surface area (Å²) in [5.74, 6) is -1.000. The minimum absolute atomic E-state index is 0.0603. The summed E-state index contributed by atoms with van der Waals surface area (Å²) >= 11 is 0. The number of carbonyl (C=O) groups excluding carboxylic acids is 1. The molecule has 1 N–H and O–H groups in total. The van der Waals surface area contributed by atoms with Gasteiger partial charge in [-0.15, -0.1) is 6.58 Å². The van der Waals surface area contributed by atoms with Crippen molar-refractivity contribution in [3.05, 3.63) is 48.6 Å². The molecule has 100 valence electrons. The van der Waals surface area contributed by atoms with E-state index in [1.807, 2.05) is 30.3 Å². The van der Waals surface area contributed by atoms with Crippen LogP contribution in [0, 0.1) is 5.92 Å². The molecule has 1 fully saturated rings. The molecule has 19 heavy (non-hydrogen) atoms. The molecule has 1 amide bonds. The van der Waals surface area contributed by atoms with Gasteiger partial charge in [0.2, 0.25) is 5.91 Å².